The Kier molecular flexibility index (Phi) is 7.14. The fourth-order valence-electron chi connectivity index (χ4n) is 1.44. The fourth-order valence-corrected chi connectivity index (χ4v) is 1.44. The lowest BCUT2D eigenvalue weighted by molar-refractivity contribution is -0.134. The Morgan fingerprint density at radius 2 is 2.00 bits per heavy atom. The highest BCUT2D eigenvalue weighted by molar-refractivity contribution is 5.49. The van der Waals surface area contributed by atoms with E-state index >= 15 is 0 Å². The predicted octanol–water partition coefficient (Wildman–Crippen LogP) is 3.50. The third-order valence-electron chi connectivity index (χ3n) is 2.36. The second kappa shape index (κ2) is 8.72. The first-order valence-electron chi connectivity index (χ1n) is 6.34. The van der Waals surface area contributed by atoms with E-state index in [4.69, 9.17) is 14.2 Å². The van der Waals surface area contributed by atoms with E-state index in [2.05, 4.69) is 13.5 Å². The zero-order valence-electron chi connectivity index (χ0n) is 11.2. The van der Waals surface area contributed by atoms with Crippen molar-refractivity contribution in [2.24, 2.45) is 0 Å². The first-order chi connectivity index (χ1) is 8.76. The summed E-state index contributed by atoms with van der Waals surface area (Å²) in [6.45, 7) is 9.45. The zero-order chi connectivity index (χ0) is 13.2. The van der Waals surface area contributed by atoms with E-state index in [1.54, 1.807) is 6.08 Å². The van der Waals surface area contributed by atoms with Gasteiger partial charge in [-0.2, -0.15) is 0 Å². The molecule has 0 bridgehead atoms. The van der Waals surface area contributed by atoms with Crippen LogP contribution in [-0.2, 0) is 9.47 Å². The molecule has 0 fully saturated rings. The van der Waals surface area contributed by atoms with Crippen molar-refractivity contribution in [1.82, 2.24) is 0 Å². The van der Waals surface area contributed by atoms with Gasteiger partial charge in [-0.3, -0.25) is 0 Å². The summed E-state index contributed by atoms with van der Waals surface area (Å²) in [5.74, 6) is 0.832. The van der Waals surface area contributed by atoms with Crippen LogP contribution >= 0.6 is 0 Å². The van der Waals surface area contributed by atoms with E-state index < -0.39 is 0 Å². The van der Waals surface area contributed by atoms with Gasteiger partial charge in [0.1, 0.15) is 12.4 Å². The average Bonchev–Trinajstić information content (AvgIpc) is 2.41. The van der Waals surface area contributed by atoms with E-state index in [0.717, 1.165) is 24.3 Å². The Morgan fingerprint density at radius 1 is 1.22 bits per heavy atom. The highest BCUT2D eigenvalue weighted by atomic mass is 16.7. The second-order valence-corrected chi connectivity index (χ2v) is 3.93. The smallest absolute Gasteiger partial charge is 0.154 e. The maximum Gasteiger partial charge on any atom is 0.154 e. The summed E-state index contributed by atoms with van der Waals surface area (Å²) in [5, 5.41) is 0. The summed E-state index contributed by atoms with van der Waals surface area (Å²) in [4.78, 5) is 0. The number of ether oxygens (including phenoxy) is 3. The first-order valence-corrected chi connectivity index (χ1v) is 6.34. The van der Waals surface area contributed by atoms with Crippen LogP contribution in [0.1, 0.15) is 25.8 Å². The zero-order valence-corrected chi connectivity index (χ0v) is 11.2. The molecule has 18 heavy (non-hydrogen) atoms. The maximum atomic E-state index is 5.58. The largest absolute Gasteiger partial charge is 0.491 e. The van der Waals surface area contributed by atoms with E-state index in [1.807, 2.05) is 31.2 Å². The van der Waals surface area contributed by atoms with Gasteiger partial charge in [0.25, 0.3) is 0 Å². The normalized spacial score (nSPS) is 12.1. The first kappa shape index (κ1) is 14.7. The molecule has 0 aromatic heterocycles. The molecule has 1 rings (SSSR count). The van der Waals surface area contributed by atoms with Crippen molar-refractivity contribution in [2.75, 3.05) is 19.8 Å². The minimum atomic E-state index is -0.173. The second-order valence-electron chi connectivity index (χ2n) is 3.93. The van der Waals surface area contributed by atoms with Gasteiger partial charge in [0.2, 0.25) is 0 Å². The Balaban J connectivity index is 2.19. The van der Waals surface area contributed by atoms with Crippen LogP contribution in [0, 0.1) is 0 Å². The molecule has 0 spiro atoms. The van der Waals surface area contributed by atoms with E-state index in [0.29, 0.717) is 13.2 Å². The fraction of sp³-hybridized carbons (Fsp3) is 0.467. The summed E-state index contributed by atoms with van der Waals surface area (Å²) in [5.41, 5.74) is 1.05. The Bertz CT molecular complexity index is 349. The lowest BCUT2D eigenvalue weighted by Gasteiger charge is -2.14. The van der Waals surface area contributed by atoms with Gasteiger partial charge in [-0.15, -0.1) is 0 Å². The molecular formula is C15H22O3. The molecule has 0 amide bonds. The van der Waals surface area contributed by atoms with Crippen molar-refractivity contribution >= 4 is 6.08 Å². The predicted molar refractivity (Wildman–Crippen MR) is 73.7 cm³/mol. The lowest BCUT2D eigenvalue weighted by atomic mass is 10.2. The van der Waals surface area contributed by atoms with E-state index in [9.17, 15) is 0 Å². The molecule has 0 saturated heterocycles. The average molecular weight is 250 g/mol. The van der Waals surface area contributed by atoms with Crippen molar-refractivity contribution in [1.29, 1.82) is 0 Å². The Hall–Kier alpha value is -1.32. The summed E-state index contributed by atoms with van der Waals surface area (Å²) >= 11 is 0. The molecule has 0 N–H and O–H groups in total. The molecule has 0 aliphatic heterocycles. The summed E-state index contributed by atoms with van der Waals surface area (Å²) < 4.78 is 16.4. The molecule has 0 radical (unpaired) electrons. The third kappa shape index (κ3) is 5.84. The van der Waals surface area contributed by atoms with E-state index in [-0.39, 0.29) is 6.29 Å². The topological polar surface area (TPSA) is 27.7 Å². The highest BCUT2D eigenvalue weighted by Gasteiger charge is 2.01. The van der Waals surface area contributed by atoms with Gasteiger partial charge in [0.15, 0.2) is 6.29 Å². The van der Waals surface area contributed by atoms with E-state index in [1.165, 1.54) is 0 Å². The molecule has 0 aliphatic carbocycles. The molecule has 1 aromatic carbocycles. The van der Waals surface area contributed by atoms with Gasteiger partial charge in [-0.1, -0.05) is 31.7 Å². The van der Waals surface area contributed by atoms with Crippen LogP contribution < -0.4 is 4.74 Å². The molecule has 3 nitrogen and oxygen atoms in total. The van der Waals surface area contributed by atoms with Gasteiger partial charge < -0.3 is 14.2 Å². The van der Waals surface area contributed by atoms with Gasteiger partial charge in [0.05, 0.1) is 6.61 Å². The van der Waals surface area contributed by atoms with Crippen LogP contribution in [0.5, 0.6) is 5.75 Å². The van der Waals surface area contributed by atoms with Crippen LogP contribution in [0.4, 0.5) is 0 Å². The molecule has 0 aliphatic rings. The van der Waals surface area contributed by atoms with Crippen molar-refractivity contribution in [3.63, 3.8) is 0 Å². The van der Waals surface area contributed by atoms with Crippen molar-refractivity contribution in [3.05, 3.63) is 36.4 Å². The quantitative estimate of drug-likeness (QED) is 0.496. The van der Waals surface area contributed by atoms with Crippen LogP contribution in [0.15, 0.2) is 30.8 Å². The summed E-state index contributed by atoms with van der Waals surface area (Å²) in [7, 11) is 0. The summed E-state index contributed by atoms with van der Waals surface area (Å²) in [6.07, 6.45) is 2.62. The highest BCUT2D eigenvalue weighted by Crippen LogP contribution is 2.13. The maximum absolute atomic E-state index is 5.58. The van der Waals surface area contributed by atoms with Crippen LogP contribution in [0.25, 0.3) is 6.08 Å². The molecule has 0 saturated carbocycles. The monoisotopic (exact) mass is 250 g/mol. The molecule has 100 valence electrons. The SMILES string of the molecule is C=Cc1cccc(OCCOC(C)OCCC)c1. The minimum Gasteiger partial charge on any atom is -0.491 e. The molecule has 1 unspecified atom stereocenters. The molecule has 1 atom stereocenters. The van der Waals surface area contributed by atoms with Crippen molar-refractivity contribution in [3.8, 4) is 5.75 Å². The molecule has 1 aromatic rings. The van der Waals surface area contributed by atoms with Crippen molar-refractivity contribution < 1.29 is 14.2 Å². The van der Waals surface area contributed by atoms with Crippen LogP contribution in [0.3, 0.4) is 0 Å². The molecular weight excluding hydrogens is 228 g/mol. The van der Waals surface area contributed by atoms with Gasteiger partial charge in [-0.05, 0) is 31.0 Å². The van der Waals surface area contributed by atoms with Gasteiger partial charge >= 0.3 is 0 Å². The lowest BCUT2D eigenvalue weighted by Crippen LogP contribution is -2.17. The minimum absolute atomic E-state index is 0.173. The number of hydrogen-bond donors (Lipinski definition) is 0. The standard InChI is InChI=1S/C15H22O3/c1-4-9-16-13(3)17-10-11-18-15-8-6-7-14(5-2)12-15/h5-8,12-13H,2,4,9-11H2,1,3H3. The van der Waals surface area contributed by atoms with Gasteiger partial charge in [-0.25, -0.2) is 0 Å². The van der Waals surface area contributed by atoms with Crippen LogP contribution in [-0.4, -0.2) is 26.1 Å². The molecule has 3 heteroatoms. The van der Waals surface area contributed by atoms with Gasteiger partial charge in [0, 0.05) is 6.61 Å². The third-order valence-corrected chi connectivity index (χ3v) is 2.36. The molecule has 0 heterocycles. The Labute approximate surface area is 109 Å². The Morgan fingerprint density at radius 3 is 2.72 bits per heavy atom. The van der Waals surface area contributed by atoms with Crippen molar-refractivity contribution in [2.45, 2.75) is 26.6 Å². The van der Waals surface area contributed by atoms with Crippen LogP contribution in [0.2, 0.25) is 0 Å². The number of benzene rings is 1. The number of rotatable bonds is 9. The summed E-state index contributed by atoms with van der Waals surface area (Å²) in [6, 6.07) is 7.80. The number of hydrogen-bond acceptors (Lipinski definition) is 3.